The van der Waals surface area contributed by atoms with E-state index in [9.17, 15) is 9.90 Å². The molecule has 0 aliphatic rings. The third kappa shape index (κ3) is 1.92. The van der Waals surface area contributed by atoms with E-state index in [2.05, 4.69) is 0 Å². The number of ketones is 1. The van der Waals surface area contributed by atoms with Gasteiger partial charge in [-0.3, -0.25) is 4.79 Å². The summed E-state index contributed by atoms with van der Waals surface area (Å²) in [6.07, 6.45) is -0.968. The molecule has 0 unspecified atom stereocenters. The predicted molar refractivity (Wildman–Crippen MR) is 46.8 cm³/mol. The van der Waals surface area contributed by atoms with Crippen LogP contribution in [0, 0.1) is 6.92 Å². The number of benzene rings is 1. The van der Waals surface area contributed by atoms with E-state index in [1.54, 1.807) is 6.07 Å². The van der Waals surface area contributed by atoms with Gasteiger partial charge in [0.2, 0.25) is 0 Å². The predicted octanol–water partition coefficient (Wildman–Crippen LogP) is 1.62. The van der Waals surface area contributed by atoms with E-state index >= 15 is 0 Å². The van der Waals surface area contributed by atoms with Crippen molar-refractivity contribution in [1.82, 2.24) is 0 Å². The molecule has 0 saturated heterocycles. The molecule has 1 atom stereocenters. The molecule has 1 N–H and O–H groups in total. The van der Waals surface area contributed by atoms with Crippen LogP contribution in [0.2, 0.25) is 0 Å². The molecule has 0 saturated carbocycles. The summed E-state index contributed by atoms with van der Waals surface area (Å²) >= 11 is 0. The molecule has 0 aliphatic carbocycles. The lowest BCUT2D eigenvalue weighted by atomic mass is 10.0. The molecule has 0 fully saturated rings. The van der Waals surface area contributed by atoms with Gasteiger partial charge in [0.15, 0.2) is 5.78 Å². The standard InChI is InChI=1S/C10H12O2/c1-7-4-3-5-9(6-7)10(12)8(2)11/h3-6,10,12H,1-2H3/t10-/m1/s1. The lowest BCUT2D eigenvalue weighted by Gasteiger charge is -2.06. The molecule has 12 heavy (non-hydrogen) atoms. The highest BCUT2D eigenvalue weighted by Crippen LogP contribution is 2.14. The summed E-state index contributed by atoms with van der Waals surface area (Å²) in [6.45, 7) is 3.31. The molecule has 0 aromatic heterocycles. The fourth-order valence-corrected chi connectivity index (χ4v) is 1.07. The average Bonchev–Trinajstić information content (AvgIpc) is 2.03. The van der Waals surface area contributed by atoms with Crippen molar-refractivity contribution >= 4 is 5.78 Å². The van der Waals surface area contributed by atoms with Gasteiger partial charge >= 0.3 is 0 Å². The number of hydrogen-bond donors (Lipinski definition) is 1. The maximum atomic E-state index is 10.8. The van der Waals surface area contributed by atoms with Crippen molar-refractivity contribution in [1.29, 1.82) is 0 Å². The molecule has 1 aromatic carbocycles. The van der Waals surface area contributed by atoms with Crippen LogP contribution in [0.1, 0.15) is 24.2 Å². The third-order valence-electron chi connectivity index (χ3n) is 1.74. The second-order valence-corrected chi connectivity index (χ2v) is 2.93. The molecule has 0 amide bonds. The molecule has 0 bridgehead atoms. The Morgan fingerprint density at radius 2 is 2.17 bits per heavy atom. The van der Waals surface area contributed by atoms with E-state index in [0.717, 1.165) is 5.56 Å². The Labute approximate surface area is 71.8 Å². The Bertz CT molecular complexity index is 292. The molecule has 2 heteroatoms. The number of carbonyl (C=O) groups is 1. The Balaban J connectivity index is 2.95. The minimum absolute atomic E-state index is 0.222. The van der Waals surface area contributed by atoms with Crippen LogP contribution in [0.5, 0.6) is 0 Å². The quantitative estimate of drug-likeness (QED) is 0.721. The highest BCUT2D eigenvalue weighted by Gasteiger charge is 2.11. The van der Waals surface area contributed by atoms with E-state index in [-0.39, 0.29) is 5.78 Å². The number of aryl methyl sites for hydroxylation is 1. The van der Waals surface area contributed by atoms with E-state index in [1.165, 1.54) is 6.92 Å². The number of rotatable bonds is 2. The number of hydrogen-bond acceptors (Lipinski definition) is 2. The van der Waals surface area contributed by atoms with Crippen LogP contribution in [0.15, 0.2) is 24.3 Å². The minimum Gasteiger partial charge on any atom is -0.381 e. The van der Waals surface area contributed by atoms with E-state index in [1.807, 2.05) is 25.1 Å². The Morgan fingerprint density at radius 1 is 1.50 bits per heavy atom. The molecule has 0 spiro atoms. The molecule has 1 aromatic rings. The van der Waals surface area contributed by atoms with Crippen LogP contribution >= 0.6 is 0 Å². The van der Waals surface area contributed by atoms with Crippen LogP contribution < -0.4 is 0 Å². The van der Waals surface area contributed by atoms with Crippen molar-refractivity contribution in [2.45, 2.75) is 20.0 Å². The maximum Gasteiger partial charge on any atom is 0.162 e. The van der Waals surface area contributed by atoms with Crippen molar-refractivity contribution in [2.24, 2.45) is 0 Å². The second-order valence-electron chi connectivity index (χ2n) is 2.93. The van der Waals surface area contributed by atoms with Crippen molar-refractivity contribution in [3.8, 4) is 0 Å². The van der Waals surface area contributed by atoms with Crippen molar-refractivity contribution in [3.05, 3.63) is 35.4 Å². The van der Waals surface area contributed by atoms with Gasteiger partial charge in [-0.1, -0.05) is 29.8 Å². The molecule has 2 nitrogen and oxygen atoms in total. The average molecular weight is 164 g/mol. The monoisotopic (exact) mass is 164 g/mol. The van der Waals surface area contributed by atoms with Crippen LogP contribution in [-0.4, -0.2) is 10.9 Å². The van der Waals surface area contributed by atoms with E-state index in [0.29, 0.717) is 5.56 Å². The molecule has 1 rings (SSSR count). The zero-order chi connectivity index (χ0) is 9.14. The first-order chi connectivity index (χ1) is 5.61. The first-order valence-corrected chi connectivity index (χ1v) is 3.86. The summed E-state index contributed by atoms with van der Waals surface area (Å²) < 4.78 is 0. The van der Waals surface area contributed by atoms with Crippen molar-refractivity contribution < 1.29 is 9.90 Å². The molecule has 0 heterocycles. The van der Waals surface area contributed by atoms with Crippen molar-refractivity contribution in [3.63, 3.8) is 0 Å². The van der Waals surface area contributed by atoms with Crippen LogP contribution in [0.4, 0.5) is 0 Å². The summed E-state index contributed by atoms with van der Waals surface area (Å²) in [6, 6.07) is 7.32. The van der Waals surface area contributed by atoms with Gasteiger partial charge in [-0.25, -0.2) is 0 Å². The van der Waals surface area contributed by atoms with Gasteiger partial charge in [0.05, 0.1) is 0 Å². The molecule has 0 radical (unpaired) electrons. The van der Waals surface area contributed by atoms with Gasteiger partial charge in [0, 0.05) is 0 Å². The SMILES string of the molecule is CC(=O)[C@@H](O)c1cccc(C)c1. The fourth-order valence-electron chi connectivity index (χ4n) is 1.07. The highest BCUT2D eigenvalue weighted by molar-refractivity contribution is 5.81. The topological polar surface area (TPSA) is 37.3 Å². The van der Waals surface area contributed by atoms with Crippen LogP contribution in [0.3, 0.4) is 0 Å². The largest absolute Gasteiger partial charge is 0.381 e. The number of aliphatic hydroxyl groups is 1. The molecule has 0 aliphatic heterocycles. The summed E-state index contributed by atoms with van der Waals surface area (Å²) in [5.41, 5.74) is 1.72. The second kappa shape index (κ2) is 3.50. The molecule has 64 valence electrons. The summed E-state index contributed by atoms with van der Waals surface area (Å²) in [5.74, 6) is -0.222. The first-order valence-electron chi connectivity index (χ1n) is 3.86. The zero-order valence-corrected chi connectivity index (χ0v) is 7.24. The van der Waals surface area contributed by atoms with Gasteiger partial charge < -0.3 is 5.11 Å². The Kier molecular flexibility index (Phi) is 2.61. The van der Waals surface area contributed by atoms with Crippen molar-refractivity contribution in [2.75, 3.05) is 0 Å². The first kappa shape index (κ1) is 8.94. The zero-order valence-electron chi connectivity index (χ0n) is 7.24. The van der Waals surface area contributed by atoms with Gasteiger partial charge in [-0.2, -0.15) is 0 Å². The lowest BCUT2D eigenvalue weighted by Crippen LogP contribution is -2.07. The summed E-state index contributed by atoms with van der Waals surface area (Å²) in [5, 5.41) is 9.37. The van der Waals surface area contributed by atoms with Crippen LogP contribution in [0.25, 0.3) is 0 Å². The van der Waals surface area contributed by atoms with Crippen LogP contribution in [-0.2, 0) is 4.79 Å². The number of aliphatic hydroxyl groups excluding tert-OH is 1. The number of carbonyl (C=O) groups excluding carboxylic acids is 1. The summed E-state index contributed by atoms with van der Waals surface area (Å²) in [7, 11) is 0. The lowest BCUT2D eigenvalue weighted by molar-refractivity contribution is -0.125. The van der Waals surface area contributed by atoms with E-state index < -0.39 is 6.10 Å². The van der Waals surface area contributed by atoms with E-state index in [4.69, 9.17) is 0 Å². The molecular weight excluding hydrogens is 152 g/mol. The third-order valence-corrected chi connectivity index (χ3v) is 1.74. The smallest absolute Gasteiger partial charge is 0.162 e. The van der Waals surface area contributed by atoms with Gasteiger partial charge in [-0.05, 0) is 19.4 Å². The highest BCUT2D eigenvalue weighted by atomic mass is 16.3. The maximum absolute atomic E-state index is 10.8. The normalized spacial score (nSPS) is 12.6. The Morgan fingerprint density at radius 3 is 2.67 bits per heavy atom. The molecular formula is C10H12O2. The fraction of sp³-hybridized carbons (Fsp3) is 0.300. The van der Waals surface area contributed by atoms with Gasteiger partial charge in [-0.15, -0.1) is 0 Å². The number of Topliss-reactive ketones (excluding diaryl/α,β-unsaturated/α-hetero) is 1. The van der Waals surface area contributed by atoms with Gasteiger partial charge in [0.1, 0.15) is 6.10 Å². The summed E-state index contributed by atoms with van der Waals surface area (Å²) in [4.78, 5) is 10.8. The minimum atomic E-state index is -0.968. The Hall–Kier alpha value is -1.15. The van der Waals surface area contributed by atoms with Gasteiger partial charge in [0.25, 0.3) is 0 Å².